The number of aromatic nitrogens is 1. The van der Waals surface area contributed by atoms with Gasteiger partial charge >= 0.3 is 0 Å². The van der Waals surface area contributed by atoms with E-state index < -0.39 is 0 Å². The van der Waals surface area contributed by atoms with Gasteiger partial charge in [0.05, 0.1) is 11.7 Å². The fourth-order valence-electron chi connectivity index (χ4n) is 5.24. The van der Waals surface area contributed by atoms with Gasteiger partial charge in [0.1, 0.15) is 0 Å². The molecule has 2 heterocycles. The van der Waals surface area contributed by atoms with Crippen LogP contribution in [-0.2, 0) is 4.79 Å². The molecule has 6 heteroatoms. The number of carbonyl (C=O) groups is 1. The largest absolute Gasteiger partial charge is 0.356 e. The lowest BCUT2D eigenvalue weighted by Crippen LogP contribution is -2.35. The molecule has 1 saturated carbocycles. The topological polar surface area (TPSA) is 69.3 Å². The maximum absolute atomic E-state index is 12.3. The SMILES string of the molecule is CC1NNC(C)C1CCC(=O)NCC1CCC(C(c2ccccn2)N(C)C)CC1. The van der Waals surface area contributed by atoms with Crippen molar-refractivity contribution in [2.45, 2.75) is 70.5 Å². The summed E-state index contributed by atoms with van der Waals surface area (Å²) in [5.41, 5.74) is 7.71. The molecule has 162 valence electrons. The molecule has 0 bridgehead atoms. The van der Waals surface area contributed by atoms with Crippen LogP contribution < -0.4 is 16.2 Å². The van der Waals surface area contributed by atoms with Crippen molar-refractivity contribution in [3.63, 3.8) is 0 Å². The molecule has 3 N–H and O–H groups in total. The Hall–Kier alpha value is -1.50. The first kappa shape index (κ1) is 22.2. The second-order valence-corrected chi connectivity index (χ2v) is 9.32. The summed E-state index contributed by atoms with van der Waals surface area (Å²) in [4.78, 5) is 19.3. The molecule has 6 nitrogen and oxygen atoms in total. The van der Waals surface area contributed by atoms with Crippen LogP contribution in [0.4, 0.5) is 0 Å². The number of nitrogens with one attached hydrogen (secondary N) is 3. The monoisotopic (exact) mass is 401 g/mol. The standard InChI is InChI=1S/C23H39N5O/c1-16-20(17(2)27-26-16)12-13-22(29)25-15-18-8-10-19(11-9-18)23(28(3)4)21-7-5-6-14-24-21/h5-7,14,16-20,23,26-27H,8-13,15H2,1-4H3,(H,25,29). The Morgan fingerprint density at radius 3 is 2.45 bits per heavy atom. The number of carbonyl (C=O) groups excluding carboxylic acids is 1. The van der Waals surface area contributed by atoms with Crippen molar-refractivity contribution in [2.24, 2.45) is 17.8 Å². The highest BCUT2D eigenvalue weighted by Gasteiger charge is 2.31. The van der Waals surface area contributed by atoms with Crippen molar-refractivity contribution >= 4 is 5.91 Å². The van der Waals surface area contributed by atoms with Crippen LogP contribution in [0.3, 0.4) is 0 Å². The maximum atomic E-state index is 12.3. The molecule has 1 aromatic heterocycles. The van der Waals surface area contributed by atoms with E-state index in [0.29, 0.717) is 42.3 Å². The molecule has 3 rings (SSSR count). The Bertz CT molecular complexity index is 619. The first-order valence-corrected chi connectivity index (χ1v) is 11.3. The number of hydrazine groups is 1. The third-order valence-electron chi connectivity index (χ3n) is 7.00. The average molecular weight is 402 g/mol. The van der Waals surface area contributed by atoms with Crippen molar-refractivity contribution < 1.29 is 4.79 Å². The van der Waals surface area contributed by atoms with E-state index in [-0.39, 0.29) is 5.91 Å². The molecular weight excluding hydrogens is 362 g/mol. The van der Waals surface area contributed by atoms with Gasteiger partial charge in [-0.1, -0.05) is 6.07 Å². The number of nitrogens with zero attached hydrogens (tertiary/aromatic N) is 2. The molecule has 1 aliphatic heterocycles. The molecule has 29 heavy (non-hydrogen) atoms. The Kier molecular flexibility index (Phi) is 8.04. The normalized spacial score (nSPS) is 31.0. The van der Waals surface area contributed by atoms with Gasteiger partial charge in [-0.2, -0.15) is 0 Å². The second-order valence-electron chi connectivity index (χ2n) is 9.32. The fraction of sp³-hybridized carbons (Fsp3) is 0.739. The molecule has 0 radical (unpaired) electrons. The number of hydrogen-bond acceptors (Lipinski definition) is 5. The lowest BCUT2D eigenvalue weighted by molar-refractivity contribution is -0.121. The summed E-state index contributed by atoms with van der Waals surface area (Å²) in [7, 11) is 4.31. The predicted octanol–water partition coefficient (Wildman–Crippen LogP) is 2.89. The fourth-order valence-corrected chi connectivity index (χ4v) is 5.24. The maximum Gasteiger partial charge on any atom is 0.220 e. The van der Waals surface area contributed by atoms with Crippen molar-refractivity contribution in [1.29, 1.82) is 0 Å². The number of pyridine rings is 1. The van der Waals surface area contributed by atoms with E-state index in [2.05, 4.69) is 66.1 Å². The lowest BCUT2D eigenvalue weighted by atomic mass is 9.77. The van der Waals surface area contributed by atoms with Gasteiger partial charge < -0.3 is 10.2 Å². The van der Waals surface area contributed by atoms with Crippen molar-refractivity contribution in [2.75, 3.05) is 20.6 Å². The van der Waals surface area contributed by atoms with Crippen molar-refractivity contribution in [3.8, 4) is 0 Å². The summed E-state index contributed by atoms with van der Waals surface area (Å²) in [6.07, 6.45) is 8.24. The van der Waals surface area contributed by atoms with Crippen LogP contribution in [0.1, 0.15) is 64.1 Å². The van der Waals surface area contributed by atoms with Gasteiger partial charge in [0.15, 0.2) is 0 Å². The minimum absolute atomic E-state index is 0.207. The highest BCUT2D eigenvalue weighted by molar-refractivity contribution is 5.75. The van der Waals surface area contributed by atoms with E-state index in [1.54, 1.807) is 0 Å². The quantitative estimate of drug-likeness (QED) is 0.625. The zero-order valence-electron chi connectivity index (χ0n) is 18.5. The minimum atomic E-state index is 0.207. The summed E-state index contributed by atoms with van der Waals surface area (Å²) in [6.45, 7) is 5.20. The molecule has 3 unspecified atom stereocenters. The lowest BCUT2D eigenvalue weighted by Gasteiger charge is -2.37. The average Bonchev–Trinajstić information content (AvgIpc) is 3.04. The Morgan fingerprint density at radius 2 is 1.86 bits per heavy atom. The van der Waals surface area contributed by atoms with Crippen LogP contribution in [0.5, 0.6) is 0 Å². The highest BCUT2D eigenvalue weighted by atomic mass is 16.1. The van der Waals surface area contributed by atoms with E-state index in [0.717, 1.165) is 13.0 Å². The van der Waals surface area contributed by atoms with E-state index in [1.165, 1.54) is 31.4 Å². The second kappa shape index (κ2) is 10.5. The molecule has 1 aromatic rings. The first-order chi connectivity index (χ1) is 14.0. The van der Waals surface area contributed by atoms with Crippen LogP contribution in [0.15, 0.2) is 24.4 Å². The Morgan fingerprint density at radius 1 is 1.17 bits per heavy atom. The minimum Gasteiger partial charge on any atom is -0.356 e. The van der Waals surface area contributed by atoms with Crippen molar-refractivity contribution in [3.05, 3.63) is 30.1 Å². The molecule has 0 spiro atoms. The summed E-state index contributed by atoms with van der Waals surface area (Å²) in [5, 5.41) is 3.20. The highest BCUT2D eigenvalue weighted by Crippen LogP contribution is 2.38. The third-order valence-corrected chi connectivity index (χ3v) is 7.00. The molecule has 2 aliphatic rings. The van der Waals surface area contributed by atoms with E-state index in [1.807, 2.05) is 12.3 Å². The van der Waals surface area contributed by atoms with E-state index in [9.17, 15) is 4.79 Å². The third kappa shape index (κ3) is 6.00. The zero-order chi connectivity index (χ0) is 20.8. The van der Waals surface area contributed by atoms with Gasteiger partial charge in [-0.15, -0.1) is 0 Å². The molecule has 1 amide bonds. The number of amides is 1. The Balaban J connectivity index is 1.40. The van der Waals surface area contributed by atoms with Gasteiger partial charge in [0, 0.05) is 31.2 Å². The first-order valence-electron chi connectivity index (χ1n) is 11.3. The smallest absolute Gasteiger partial charge is 0.220 e. The molecule has 0 aromatic carbocycles. The molecule has 1 aliphatic carbocycles. The van der Waals surface area contributed by atoms with Crippen LogP contribution in [0.2, 0.25) is 0 Å². The molecule has 3 atom stereocenters. The Labute approximate surface area is 176 Å². The zero-order valence-corrected chi connectivity index (χ0v) is 18.5. The van der Waals surface area contributed by atoms with E-state index in [4.69, 9.17) is 0 Å². The molecule has 2 fully saturated rings. The van der Waals surface area contributed by atoms with Crippen molar-refractivity contribution in [1.82, 2.24) is 26.1 Å². The molecule has 1 saturated heterocycles. The van der Waals surface area contributed by atoms with Gasteiger partial charge in [0.25, 0.3) is 0 Å². The summed E-state index contributed by atoms with van der Waals surface area (Å²) in [5.74, 6) is 1.97. The molecular formula is C23H39N5O. The van der Waals surface area contributed by atoms with Gasteiger partial charge in [0.2, 0.25) is 5.91 Å². The van der Waals surface area contributed by atoms with Gasteiger partial charge in [-0.25, -0.2) is 0 Å². The van der Waals surface area contributed by atoms with Crippen LogP contribution in [0.25, 0.3) is 0 Å². The van der Waals surface area contributed by atoms with Gasteiger partial charge in [-0.3, -0.25) is 20.6 Å². The summed E-state index contributed by atoms with van der Waals surface area (Å²) < 4.78 is 0. The van der Waals surface area contributed by atoms with Crippen LogP contribution in [-0.4, -0.2) is 48.5 Å². The number of hydrogen-bond donors (Lipinski definition) is 3. The number of rotatable bonds is 8. The summed E-state index contributed by atoms with van der Waals surface area (Å²) in [6, 6.07) is 7.45. The van der Waals surface area contributed by atoms with Crippen LogP contribution in [0, 0.1) is 17.8 Å². The van der Waals surface area contributed by atoms with Gasteiger partial charge in [-0.05, 0) is 89.9 Å². The van der Waals surface area contributed by atoms with E-state index >= 15 is 0 Å². The van der Waals surface area contributed by atoms with Crippen LogP contribution >= 0.6 is 0 Å². The summed E-state index contributed by atoms with van der Waals surface area (Å²) >= 11 is 0. The predicted molar refractivity (Wildman–Crippen MR) is 117 cm³/mol.